The zero-order valence-corrected chi connectivity index (χ0v) is 12.4. The fraction of sp³-hybridized carbons (Fsp3) is 0.615. The van der Waals surface area contributed by atoms with Gasteiger partial charge >= 0.3 is 11.7 Å². The number of rotatable bonds is 6. The van der Waals surface area contributed by atoms with Crippen molar-refractivity contribution in [3.05, 3.63) is 16.4 Å². The molecule has 2 heterocycles. The van der Waals surface area contributed by atoms with E-state index in [1.807, 2.05) is 6.92 Å². The number of carboxylic acid groups (broad SMARTS) is 1. The second-order valence-electron chi connectivity index (χ2n) is 5.18. The largest absolute Gasteiger partial charge is 0.481 e. The second kappa shape index (κ2) is 7.01. The summed E-state index contributed by atoms with van der Waals surface area (Å²) in [6.07, 6.45) is 3.02. The number of nitrogens with one attached hydrogen (secondary N) is 1. The summed E-state index contributed by atoms with van der Waals surface area (Å²) in [5.41, 5.74) is -0.148. The Kier molecular flexibility index (Phi) is 5.08. The fourth-order valence-corrected chi connectivity index (χ4v) is 2.48. The van der Waals surface area contributed by atoms with Crippen molar-refractivity contribution in [2.24, 2.45) is 5.92 Å². The Bertz CT molecular complexity index is 557. The molecule has 1 saturated heterocycles. The molecule has 22 heavy (non-hydrogen) atoms. The number of hydrogen-bond acceptors (Lipinski definition) is 7. The van der Waals surface area contributed by atoms with Gasteiger partial charge in [0.25, 0.3) is 0 Å². The number of carboxylic acids is 1. The summed E-state index contributed by atoms with van der Waals surface area (Å²) in [6.45, 7) is 3.40. The Morgan fingerprint density at radius 3 is 2.73 bits per heavy atom. The molecule has 0 unspecified atom stereocenters. The molecule has 2 rings (SSSR count). The van der Waals surface area contributed by atoms with Crippen LogP contribution < -0.4 is 10.2 Å². The van der Waals surface area contributed by atoms with Crippen molar-refractivity contribution >= 4 is 23.3 Å². The lowest BCUT2D eigenvalue weighted by Crippen LogP contribution is -2.37. The van der Waals surface area contributed by atoms with Crippen LogP contribution in [-0.2, 0) is 4.79 Å². The number of hydrogen-bond donors (Lipinski definition) is 2. The first kappa shape index (κ1) is 15.9. The normalized spacial score (nSPS) is 15.6. The van der Waals surface area contributed by atoms with Crippen molar-refractivity contribution in [1.29, 1.82) is 0 Å². The molecule has 0 saturated carbocycles. The highest BCUT2D eigenvalue weighted by Crippen LogP contribution is 2.33. The number of carbonyl (C=O) groups is 1. The maximum absolute atomic E-state index is 11.4. The van der Waals surface area contributed by atoms with Crippen molar-refractivity contribution in [3.8, 4) is 0 Å². The SMILES string of the molecule is CCCNc1ncnc(N2CCC(C(=O)O)CC2)c1[N+](=O)[O-]. The summed E-state index contributed by atoms with van der Waals surface area (Å²) >= 11 is 0. The molecule has 0 aliphatic carbocycles. The number of nitro groups is 1. The molecule has 0 bridgehead atoms. The van der Waals surface area contributed by atoms with Crippen molar-refractivity contribution < 1.29 is 14.8 Å². The summed E-state index contributed by atoms with van der Waals surface area (Å²) in [5.74, 6) is -0.753. The van der Waals surface area contributed by atoms with E-state index in [0.717, 1.165) is 6.42 Å². The van der Waals surface area contributed by atoms with Gasteiger partial charge in [0.15, 0.2) is 0 Å². The quantitative estimate of drug-likeness (QED) is 0.599. The average molecular weight is 309 g/mol. The molecule has 0 aromatic carbocycles. The van der Waals surface area contributed by atoms with Gasteiger partial charge in [-0.2, -0.15) is 0 Å². The van der Waals surface area contributed by atoms with Crippen LogP contribution in [0.25, 0.3) is 0 Å². The van der Waals surface area contributed by atoms with Crippen LogP contribution in [0, 0.1) is 16.0 Å². The number of nitrogens with zero attached hydrogens (tertiary/aromatic N) is 4. The van der Waals surface area contributed by atoms with E-state index in [1.165, 1.54) is 6.33 Å². The lowest BCUT2D eigenvalue weighted by atomic mass is 9.97. The molecule has 0 atom stereocenters. The zero-order valence-electron chi connectivity index (χ0n) is 12.4. The van der Waals surface area contributed by atoms with Crippen LogP contribution in [0.5, 0.6) is 0 Å². The molecule has 9 nitrogen and oxygen atoms in total. The molecule has 1 aromatic heterocycles. The van der Waals surface area contributed by atoms with E-state index >= 15 is 0 Å². The minimum atomic E-state index is -0.817. The maximum atomic E-state index is 11.4. The van der Waals surface area contributed by atoms with Crippen LogP contribution in [0.4, 0.5) is 17.3 Å². The van der Waals surface area contributed by atoms with Crippen molar-refractivity contribution in [3.63, 3.8) is 0 Å². The Morgan fingerprint density at radius 2 is 2.18 bits per heavy atom. The van der Waals surface area contributed by atoms with Crippen molar-refractivity contribution in [2.45, 2.75) is 26.2 Å². The standard InChI is InChI=1S/C13H19N5O4/c1-2-5-14-11-10(18(21)22)12(16-8-15-11)17-6-3-9(4-7-17)13(19)20/h8-9H,2-7H2,1H3,(H,19,20)(H,14,15,16). The Balaban J connectivity index is 2.23. The Morgan fingerprint density at radius 1 is 1.50 bits per heavy atom. The number of aromatic nitrogens is 2. The van der Waals surface area contributed by atoms with Crippen LogP contribution in [-0.4, -0.2) is 45.6 Å². The summed E-state index contributed by atoms with van der Waals surface area (Å²) < 4.78 is 0. The van der Waals surface area contributed by atoms with E-state index in [1.54, 1.807) is 4.90 Å². The number of anilines is 2. The minimum absolute atomic E-state index is 0.148. The molecular weight excluding hydrogens is 290 g/mol. The first-order valence-electron chi connectivity index (χ1n) is 7.25. The third kappa shape index (κ3) is 3.41. The van der Waals surface area contributed by atoms with Gasteiger partial charge in [-0.05, 0) is 19.3 Å². The van der Waals surface area contributed by atoms with Gasteiger partial charge in [-0.25, -0.2) is 9.97 Å². The maximum Gasteiger partial charge on any atom is 0.353 e. The highest BCUT2D eigenvalue weighted by Gasteiger charge is 2.31. The van der Waals surface area contributed by atoms with Gasteiger partial charge in [0.1, 0.15) is 6.33 Å². The molecule has 0 spiro atoms. The molecule has 1 fully saturated rings. The molecule has 2 N–H and O–H groups in total. The average Bonchev–Trinajstić information content (AvgIpc) is 2.52. The first-order chi connectivity index (χ1) is 10.5. The fourth-order valence-electron chi connectivity index (χ4n) is 2.48. The predicted molar refractivity (Wildman–Crippen MR) is 80.0 cm³/mol. The molecule has 0 radical (unpaired) electrons. The lowest BCUT2D eigenvalue weighted by Gasteiger charge is -2.30. The monoisotopic (exact) mass is 309 g/mol. The van der Waals surface area contributed by atoms with E-state index in [4.69, 9.17) is 5.11 Å². The topological polar surface area (TPSA) is 121 Å². The first-order valence-corrected chi connectivity index (χ1v) is 7.25. The smallest absolute Gasteiger partial charge is 0.353 e. The third-order valence-electron chi connectivity index (χ3n) is 3.67. The van der Waals surface area contributed by atoms with E-state index in [9.17, 15) is 14.9 Å². The highest BCUT2D eigenvalue weighted by atomic mass is 16.6. The van der Waals surface area contributed by atoms with E-state index in [0.29, 0.717) is 32.5 Å². The van der Waals surface area contributed by atoms with Gasteiger partial charge < -0.3 is 15.3 Å². The van der Waals surface area contributed by atoms with Crippen molar-refractivity contribution in [2.75, 3.05) is 29.9 Å². The summed E-state index contributed by atoms with van der Waals surface area (Å²) in [4.78, 5) is 31.6. The molecule has 120 valence electrons. The molecule has 1 aliphatic heterocycles. The van der Waals surface area contributed by atoms with E-state index in [2.05, 4.69) is 15.3 Å². The lowest BCUT2D eigenvalue weighted by molar-refractivity contribution is -0.383. The summed E-state index contributed by atoms with van der Waals surface area (Å²) in [6, 6.07) is 0. The highest BCUT2D eigenvalue weighted by molar-refractivity contribution is 5.72. The minimum Gasteiger partial charge on any atom is -0.481 e. The van der Waals surface area contributed by atoms with Gasteiger partial charge in [0.05, 0.1) is 10.8 Å². The van der Waals surface area contributed by atoms with Crippen LogP contribution in [0.15, 0.2) is 6.33 Å². The van der Waals surface area contributed by atoms with Gasteiger partial charge in [0, 0.05) is 19.6 Å². The molecular formula is C13H19N5O4. The second-order valence-corrected chi connectivity index (χ2v) is 5.18. The van der Waals surface area contributed by atoms with Gasteiger partial charge in [0.2, 0.25) is 11.6 Å². The molecule has 1 aromatic rings. The van der Waals surface area contributed by atoms with Crippen LogP contribution in [0.3, 0.4) is 0 Å². The number of piperidine rings is 1. The molecule has 9 heteroatoms. The zero-order chi connectivity index (χ0) is 16.1. The summed E-state index contributed by atoms with van der Waals surface area (Å²) in [5, 5.41) is 23.3. The third-order valence-corrected chi connectivity index (χ3v) is 3.67. The molecule has 1 aliphatic rings. The summed E-state index contributed by atoms with van der Waals surface area (Å²) in [7, 11) is 0. The van der Waals surface area contributed by atoms with E-state index in [-0.39, 0.29) is 17.3 Å². The van der Waals surface area contributed by atoms with Gasteiger partial charge in [-0.3, -0.25) is 14.9 Å². The van der Waals surface area contributed by atoms with Crippen molar-refractivity contribution in [1.82, 2.24) is 9.97 Å². The van der Waals surface area contributed by atoms with Crippen LogP contribution >= 0.6 is 0 Å². The van der Waals surface area contributed by atoms with Crippen LogP contribution in [0.2, 0.25) is 0 Å². The van der Waals surface area contributed by atoms with Gasteiger partial charge in [-0.15, -0.1) is 0 Å². The predicted octanol–water partition coefficient (Wildman–Crippen LogP) is 1.51. The van der Waals surface area contributed by atoms with Gasteiger partial charge in [-0.1, -0.05) is 6.92 Å². The van der Waals surface area contributed by atoms with Crippen LogP contribution in [0.1, 0.15) is 26.2 Å². The Hall–Kier alpha value is -2.45. The Labute approximate surface area is 127 Å². The van der Waals surface area contributed by atoms with E-state index < -0.39 is 16.8 Å². The number of aliphatic carboxylic acids is 1. The molecule has 0 amide bonds.